The van der Waals surface area contributed by atoms with Gasteiger partial charge in [0.25, 0.3) is 5.56 Å². The van der Waals surface area contributed by atoms with Gasteiger partial charge in [-0.1, -0.05) is 12.1 Å². The standard InChI is InChI=1S/C22H24N4O3/c1-29-18-6-2-4-15-14(18)8-7-13-12-24-17(19(13)15)9-11-26-21(27)16-5-3-10-23-20(16)25-22(26)28/h2-6,10,13,17,19,24H,7-9,11-12H2,1H3,(H,23,25,28). The number of nitrogens with one attached hydrogen (secondary N) is 2. The predicted octanol–water partition coefficient (Wildman–Crippen LogP) is 1.80. The van der Waals surface area contributed by atoms with Crippen molar-refractivity contribution in [1.82, 2.24) is 19.9 Å². The number of hydrogen-bond acceptors (Lipinski definition) is 5. The summed E-state index contributed by atoms with van der Waals surface area (Å²) in [6, 6.07) is 9.92. The lowest BCUT2D eigenvalue weighted by molar-refractivity contribution is 0.371. The number of hydrogen-bond donors (Lipinski definition) is 2. The average Bonchev–Trinajstić information content (AvgIpc) is 3.16. The molecule has 2 aromatic heterocycles. The second-order valence-corrected chi connectivity index (χ2v) is 7.94. The monoisotopic (exact) mass is 392 g/mol. The molecule has 3 aromatic rings. The highest BCUT2D eigenvalue weighted by atomic mass is 16.5. The number of nitrogens with zero attached hydrogens (tertiary/aromatic N) is 2. The largest absolute Gasteiger partial charge is 0.496 e. The maximum atomic E-state index is 12.8. The fraction of sp³-hybridized carbons (Fsp3) is 0.409. The Balaban J connectivity index is 1.44. The van der Waals surface area contributed by atoms with Crippen LogP contribution in [0.1, 0.15) is 29.9 Å². The third-order valence-corrected chi connectivity index (χ3v) is 6.51. The number of methoxy groups -OCH3 is 1. The number of aromatic nitrogens is 3. The van der Waals surface area contributed by atoms with Crippen LogP contribution in [0.25, 0.3) is 11.0 Å². The van der Waals surface area contributed by atoms with Crippen LogP contribution in [0.2, 0.25) is 0 Å². The van der Waals surface area contributed by atoms with Gasteiger partial charge in [0.2, 0.25) is 0 Å². The van der Waals surface area contributed by atoms with Crippen LogP contribution < -0.4 is 21.3 Å². The molecule has 7 heteroatoms. The molecule has 2 aliphatic rings. The lowest BCUT2D eigenvalue weighted by Crippen LogP contribution is -2.38. The summed E-state index contributed by atoms with van der Waals surface area (Å²) in [6.45, 7) is 1.35. The van der Waals surface area contributed by atoms with Gasteiger partial charge in [-0.05, 0) is 61.1 Å². The van der Waals surface area contributed by atoms with E-state index < -0.39 is 5.69 Å². The van der Waals surface area contributed by atoms with Gasteiger partial charge in [0.05, 0.1) is 12.5 Å². The summed E-state index contributed by atoms with van der Waals surface area (Å²) in [5, 5.41) is 4.08. The lowest BCUT2D eigenvalue weighted by atomic mass is 9.73. The molecule has 3 heterocycles. The number of pyridine rings is 1. The van der Waals surface area contributed by atoms with Gasteiger partial charge in [0.1, 0.15) is 11.4 Å². The first-order chi connectivity index (χ1) is 14.2. The first-order valence-electron chi connectivity index (χ1n) is 10.1. The van der Waals surface area contributed by atoms with Gasteiger partial charge in [-0.15, -0.1) is 0 Å². The minimum Gasteiger partial charge on any atom is -0.496 e. The summed E-state index contributed by atoms with van der Waals surface area (Å²) in [5.74, 6) is 1.92. The smallest absolute Gasteiger partial charge is 0.329 e. The number of aromatic amines is 1. The number of ether oxygens (including phenoxy) is 1. The molecule has 1 fully saturated rings. The molecule has 3 unspecified atom stereocenters. The van der Waals surface area contributed by atoms with E-state index in [0.717, 1.165) is 25.1 Å². The van der Waals surface area contributed by atoms with Gasteiger partial charge in [0, 0.05) is 24.7 Å². The lowest BCUT2D eigenvalue weighted by Gasteiger charge is -2.32. The highest BCUT2D eigenvalue weighted by molar-refractivity contribution is 5.72. The molecule has 150 valence electrons. The van der Waals surface area contributed by atoms with Crippen LogP contribution in [0.15, 0.2) is 46.1 Å². The molecule has 0 radical (unpaired) electrons. The van der Waals surface area contributed by atoms with E-state index in [1.165, 1.54) is 15.7 Å². The van der Waals surface area contributed by atoms with Gasteiger partial charge < -0.3 is 10.1 Å². The quantitative estimate of drug-likeness (QED) is 0.707. The average molecular weight is 392 g/mol. The molecule has 0 bridgehead atoms. The van der Waals surface area contributed by atoms with Gasteiger partial charge in [-0.25, -0.2) is 9.78 Å². The van der Waals surface area contributed by atoms with E-state index in [0.29, 0.717) is 35.8 Å². The van der Waals surface area contributed by atoms with E-state index in [-0.39, 0.29) is 11.6 Å². The van der Waals surface area contributed by atoms with Crippen molar-refractivity contribution in [2.75, 3.05) is 13.7 Å². The van der Waals surface area contributed by atoms with Crippen molar-refractivity contribution in [2.24, 2.45) is 5.92 Å². The van der Waals surface area contributed by atoms with E-state index in [9.17, 15) is 9.59 Å². The Hall–Kier alpha value is -2.93. The molecular weight excluding hydrogens is 368 g/mol. The van der Waals surface area contributed by atoms with Crippen molar-refractivity contribution in [3.05, 3.63) is 68.5 Å². The van der Waals surface area contributed by atoms with Gasteiger partial charge in [-0.3, -0.25) is 14.3 Å². The second kappa shape index (κ2) is 7.15. The SMILES string of the molecule is COc1cccc2c1CCC1CNC(CCn3c(=O)[nH]c4ncccc4c3=O)C21. The number of H-pyrrole nitrogens is 1. The Kier molecular flexibility index (Phi) is 4.47. The van der Waals surface area contributed by atoms with E-state index in [1.807, 2.05) is 6.07 Å². The van der Waals surface area contributed by atoms with Crippen molar-refractivity contribution in [3.8, 4) is 5.75 Å². The normalized spacial score (nSPS) is 23.0. The molecule has 1 aliphatic heterocycles. The van der Waals surface area contributed by atoms with Crippen LogP contribution in [0, 0.1) is 5.92 Å². The first-order valence-corrected chi connectivity index (χ1v) is 10.1. The first kappa shape index (κ1) is 18.1. The van der Waals surface area contributed by atoms with Crippen LogP contribution >= 0.6 is 0 Å². The van der Waals surface area contributed by atoms with Crippen molar-refractivity contribution >= 4 is 11.0 Å². The third-order valence-electron chi connectivity index (χ3n) is 6.51. The van der Waals surface area contributed by atoms with Gasteiger partial charge in [-0.2, -0.15) is 0 Å². The maximum absolute atomic E-state index is 12.8. The molecule has 7 nitrogen and oxygen atoms in total. The summed E-state index contributed by atoms with van der Waals surface area (Å²) >= 11 is 0. The van der Waals surface area contributed by atoms with Crippen molar-refractivity contribution in [1.29, 1.82) is 0 Å². The van der Waals surface area contributed by atoms with Crippen molar-refractivity contribution in [3.63, 3.8) is 0 Å². The summed E-state index contributed by atoms with van der Waals surface area (Å²) < 4.78 is 6.88. The van der Waals surface area contributed by atoms with E-state index in [1.54, 1.807) is 25.4 Å². The molecule has 0 saturated carbocycles. The molecule has 1 aliphatic carbocycles. The number of rotatable bonds is 4. The van der Waals surface area contributed by atoms with Crippen LogP contribution in [0.5, 0.6) is 5.75 Å². The summed E-state index contributed by atoms with van der Waals surface area (Å²) in [7, 11) is 1.72. The van der Waals surface area contributed by atoms with Crippen LogP contribution in [-0.2, 0) is 13.0 Å². The summed E-state index contributed by atoms with van der Waals surface area (Å²) in [6.07, 6.45) is 4.45. The zero-order valence-corrected chi connectivity index (χ0v) is 16.4. The number of fused-ring (bicyclic) bond motifs is 4. The van der Waals surface area contributed by atoms with Gasteiger partial charge in [0.15, 0.2) is 0 Å². The van der Waals surface area contributed by atoms with Gasteiger partial charge >= 0.3 is 5.69 Å². The Morgan fingerprint density at radius 3 is 3.00 bits per heavy atom. The molecule has 5 rings (SSSR count). The molecule has 2 N–H and O–H groups in total. The Morgan fingerprint density at radius 1 is 1.24 bits per heavy atom. The Labute approximate surface area is 167 Å². The predicted molar refractivity (Wildman–Crippen MR) is 111 cm³/mol. The summed E-state index contributed by atoms with van der Waals surface area (Å²) in [4.78, 5) is 32.0. The van der Waals surface area contributed by atoms with E-state index >= 15 is 0 Å². The molecule has 0 spiro atoms. The molecular formula is C22H24N4O3. The van der Waals surface area contributed by atoms with Crippen molar-refractivity contribution in [2.45, 2.75) is 37.8 Å². The molecule has 29 heavy (non-hydrogen) atoms. The Morgan fingerprint density at radius 2 is 2.14 bits per heavy atom. The van der Waals surface area contributed by atoms with Crippen molar-refractivity contribution < 1.29 is 4.74 Å². The van der Waals surface area contributed by atoms with Crippen LogP contribution in [0.3, 0.4) is 0 Å². The molecule has 1 aromatic carbocycles. The zero-order valence-electron chi connectivity index (χ0n) is 16.4. The zero-order chi connectivity index (χ0) is 20.0. The highest BCUT2D eigenvalue weighted by Crippen LogP contribution is 2.45. The van der Waals surface area contributed by atoms with E-state index in [2.05, 4.69) is 27.4 Å². The van der Waals surface area contributed by atoms with E-state index in [4.69, 9.17) is 4.74 Å². The Bertz CT molecular complexity index is 1180. The fourth-order valence-electron chi connectivity index (χ4n) is 5.16. The fourth-order valence-corrected chi connectivity index (χ4v) is 5.16. The third kappa shape index (κ3) is 2.97. The molecule has 0 amide bonds. The minimum absolute atomic E-state index is 0.224. The number of benzene rings is 1. The molecule has 3 atom stereocenters. The highest BCUT2D eigenvalue weighted by Gasteiger charge is 2.40. The van der Waals surface area contributed by atoms with Crippen LogP contribution in [0.4, 0.5) is 0 Å². The summed E-state index contributed by atoms with van der Waals surface area (Å²) in [5.41, 5.74) is 2.31. The maximum Gasteiger partial charge on any atom is 0.329 e. The molecule has 1 saturated heterocycles. The minimum atomic E-state index is -0.401. The van der Waals surface area contributed by atoms with Crippen LogP contribution in [-0.4, -0.2) is 34.2 Å². The topological polar surface area (TPSA) is 89.0 Å². The second-order valence-electron chi connectivity index (χ2n) is 7.94.